The van der Waals surface area contributed by atoms with Crippen LogP contribution in [0.1, 0.15) is 16.9 Å². The first-order valence-corrected chi connectivity index (χ1v) is 9.47. The fourth-order valence-corrected chi connectivity index (χ4v) is 2.85. The minimum absolute atomic E-state index is 0.224. The zero-order valence-corrected chi connectivity index (χ0v) is 17.2. The summed E-state index contributed by atoms with van der Waals surface area (Å²) in [5.41, 5.74) is 1.98. The second kappa shape index (κ2) is 9.49. The number of halogens is 4. The molecular formula is C21H13BrF3N3O3. The predicted octanol–water partition coefficient (Wildman–Crippen LogP) is 5.13. The highest BCUT2D eigenvalue weighted by atomic mass is 79.9. The van der Waals surface area contributed by atoms with Crippen LogP contribution in [0.15, 0.2) is 68.6 Å². The molecule has 0 fully saturated rings. The third kappa shape index (κ3) is 5.96. The number of nitrogens with zero attached hydrogens (tertiary/aromatic N) is 2. The van der Waals surface area contributed by atoms with E-state index in [-0.39, 0.29) is 35.0 Å². The quantitative estimate of drug-likeness (QED) is 0.382. The topological polar surface area (TPSA) is 87.6 Å². The number of nitriles is 1. The Morgan fingerprint density at radius 2 is 2.03 bits per heavy atom. The van der Waals surface area contributed by atoms with Crippen molar-refractivity contribution in [1.82, 2.24) is 5.43 Å². The Morgan fingerprint density at radius 1 is 1.23 bits per heavy atom. The first-order valence-electron chi connectivity index (χ1n) is 8.68. The Bertz CT molecular complexity index is 1170. The summed E-state index contributed by atoms with van der Waals surface area (Å²) < 4.78 is 50.0. The van der Waals surface area contributed by atoms with Gasteiger partial charge >= 0.3 is 6.18 Å². The Morgan fingerprint density at radius 3 is 2.77 bits per heavy atom. The molecule has 3 rings (SSSR count). The molecule has 0 saturated heterocycles. The maximum Gasteiger partial charge on any atom is 0.416 e. The molecule has 31 heavy (non-hydrogen) atoms. The molecule has 2 aromatic carbocycles. The average Bonchev–Trinajstić information content (AvgIpc) is 3.21. The fourth-order valence-electron chi connectivity index (χ4n) is 2.49. The van der Waals surface area contributed by atoms with Gasteiger partial charge in [-0.1, -0.05) is 28.1 Å². The number of rotatable bonds is 6. The number of carbonyl (C=O) groups excluding carboxylic acids is 1. The molecule has 0 atom stereocenters. The van der Waals surface area contributed by atoms with E-state index in [1.807, 2.05) is 6.07 Å². The summed E-state index contributed by atoms with van der Waals surface area (Å²) >= 11 is 3.24. The molecule has 6 nitrogen and oxygen atoms in total. The molecule has 10 heteroatoms. The minimum Gasteiger partial charge on any atom is -0.482 e. The molecule has 1 aromatic heterocycles. The van der Waals surface area contributed by atoms with Crippen molar-refractivity contribution in [2.45, 2.75) is 6.18 Å². The van der Waals surface area contributed by atoms with Crippen molar-refractivity contribution < 1.29 is 27.1 Å². The van der Waals surface area contributed by atoms with Gasteiger partial charge in [-0.15, -0.1) is 0 Å². The lowest BCUT2D eigenvalue weighted by atomic mass is 10.1. The number of alkyl halides is 3. The molecule has 0 spiro atoms. The van der Waals surface area contributed by atoms with E-state index < -0.39 is 17.6 Å². The van der Waals surface area contributed by atoms with Crippen molar-refractivity contribution in [3.8, 4) is 23.1 Å². The van der Waals surface area contributed by atoms with Crippen molar-refractivity contribution in [3.05, 3.63) is 76.0 Å². The lowest BCUT2D eigenvalue weighted by Gasteiger charge is -2.07. The van der Waals surface area contributed by atoms with Crippen LogP contribution in [0.3, 0.4) is 0 Å². The van der Waals surface area contributed by atoms with Gasteiger partial charge in [0.2, 0.25) is 0 Å². The molecule has 3 aromatic rings. The predicted molar refractivity (Wildman–Crippen MR) is 109 cm³/mol. The molecule has 0 bridgehead atoms. The highest BCUT2D eigenvalue weighted by Gasteiger charge is 2.30. The molecule has 1 amide bonds. The van der Waals surface area contributed by atoms with Gasteiger partial charge in [0.15, 0.2) is 6.61 Å². The number of carbonyl (C=O) groups is 1. The van der Waals surface area contributed by atoms with E-state index in [0.717, 1.165) is 12.1 Å². The number of nitrogens with one attached hydrogen (secondary N) is 1. The zero-order valence-electron chi connectivity index (χ0n) is 15.6. The van der Waals surface area contributed by atoms with Crippen LogP contribution in [-0.4, -0.2) is 18.7 Å². The summed E-state index contributed by atoms with van der Waals surface area (Å²) in [6.07, 6.45) is -3.25. The van der Waals surface area contributed by atoms with Crippen LogP contribution < -0.4 is 10.2 Å². The standard InChI is InChI=1S/C21H13BrF3N3O3/c22-16-4-6-18(14(9-16)10-26)30-12-20(29)28-27-11-17-5-7-19(31-17)13-2-1-3-15(8-13)21(23,24)25/h1-9,11H,12H2,(H,28,29). The fraction of sp³-hybridized carbons (Fsp3) is 0.0952. The Balaban J connectivity index is 1.57. The van der Waals surface area contributed by atoms with Crippen LogP contribution >= 0.6 is 15.9 Å². The van der Waals surface area contributed by atoms with E-state index in [1.165, 1.54) is 30.5 Å². The van der Waals surface area contributed by atoms with Gasteiger partial charge in [-0.3, -0.25) is 4.79 Å². The lowest BCUT2D eigenvalue weighted by molar-refractivity contribution is -0.137. The van der Waals surface area contributed by atoms with Gasteiger partial charge in [0.05, 0.1) is 17.3 Å². The number of ether oxygens (including phenoxy) is 1. The maximum atomic E-state index is 12.8. The molecule has 0 unspecified atom stereocenters. The van der Waals surface area contributed by atoms with E-state index in [9.17, 15) is 18.0 Å². The molecule has 0 aliphatic heterocycles. The largest absolute Gasteiger partial charge is 0.482 e. The van der Waals surface area contributed by atoms with Crippen LogP contribution in [0.4, 0.5) is 13.2 Å². The number of furan rings is 1. The van der Waals surface area contributed by atoms with Crippen LogP contribution in [0.25, 0.3) is 11.3 Å². The van der Waals surface area contributed by atoms with Gasteiger partial charge < -0.3 is 9.15 Å². The molecule has 158 valence electrons. The summed E-state index contributed by atoms with van der Waals surface area (Å²) in [4.78, 5) is 11.9. The summed E-state index contributed by atoms with van der Waals surface area (Å²) in [6.45, 7) is -0.374. The normalized spacial score (nSPS) is 11.3. The van der Waals surface area contributed by atoms with E-state index in [0.29, 0.717) is 4.47 Å². The molecule has 0 aliphatic rings. The molecule has 0 radical (unpaired) electrons. The zero-order chi connectivity index (χ0) is 22.4. The van der Waals surface area contributed by atoms with Gasteiger partial charge in [0.25, 0.3) is 5.91 Å². The monoisotopic (exact) mass is 491 g/mol. The van der Waals surface area contributed by atoms with Gasteiger partial charge in [0.1, 0.15) is 23.3 Å². The Hall–Kier alpha value is -3.58. The van der Waals surface area contributed by atoms with Gasteiger partial charge in [-0.2, -0.15) is 23.5 Å². The minimum atomic E-state index is -4.45. The smallest absolute Gasteiger partial charge is 0.416 e. The third-order valence-corrected chi connectivity index (χ3v) is 4.40. The van der Waals surface area contributed by atoms with Gasteiger partial charge in [-0.25, -0.2) is 5.43 Å². The van der Waals surface area contributed by atoms with E-state index >= 15 is 0 Å². The van der Waals surface area contributed by atoms with Crippen molar-refractivity contribution in [2.75, 3.05) is 6.61 Å². The van der Waals surface area contributed by atoms with Crippen molar-refractivity contribution in [2.24, 2.45) is 5.10 Å². The first kappa shape index (κ1) is 22.1. The number of hydrazone groups is 1. The molecule has 1 heterocycles. The Kier molecular flexibility index (Phi) is 6.77. The SMILES string of the molecule is N#Cc1cc(Br)ccc1OCC(=O)NN=Cc1ccc(-c2cccc(C(F)(F)F)c2)o1. The number of amides is 1. The number of benzene rings is 2. The average molecular weight is 492 g/mol. The second-order valence-electron chi connectivity index (χ2n) is 6.11. The van der Waals surface area contributed by atoms with Crippen molar-refractivity contribution in [1.29, 1.82) is 5.26 Å². The van der Waals surface area contributed by atoms with Crippen LogP contribution in [0.5, 0.6) is 5.75 Å². The highest BCUT2D eigenvalue weighted by molar-refractivity contribution is 9.10. The summed E-state index contributed by atoms with van der Waals surface area (Å²) in [6, 6.07) is 14.5. The highest BCUT2D eigenvalue weighted by Crippen LogP contribution is 2.32. The third-order valence-electron chi connectivity index (χ3n) is 3.90. The van der Waals surface area contributed by atoms with Crippen molar-refractivity contribution >= 4 is 28.1 Å². The van der Waals surface area contributed by atoms with E-state index in [4.69, 9.17) is 14.4 Å². The van der Waals surface area contributed by atoms with Crippen LogP contribution in [0, 0.1) is 11.3 Å². The summed E-state index contributed by atoms with van der Waals surface area (Å²) in [5, 5.41) is 12.8. The number of hydrogen-bond acceptors (Lipinski definition) is 5. The van der Waals surface area contributed by atoms with Crippen LogP contribution in [0.2, 0.25) is 0 Å². The lowest BCUT2D eigenvalue weighted by Crippen LogP contribution is -2.24. The van der Waals surface area contributed by atoms with Crippen molar-refractivity contribution in [3.63, 3.8) is 0 Å². The molecular weight excluding hydrogens is 479 g/mol. The Labute approximate surface area is 183 Å². The molecule has 1 N–H and O–H groups in total. The van der Waals surface area contributed by atoms with Gasteiger partial charge in [0, 0.05) is 10.0 Å². The molecule has 0 saturated carbocycles. The van der Waals surface area contributed by atoms with E-state index in [2.05, 4.69) is 26.5 Å². The second-order valence-corrected chi connectivity index (χ2v) is 7.03. The number of hydrogen-bond donors (Lipinski definition) is 1. The maximum absolute atomic E-state index is 12.8. The first-order chi connectivity index (χ1) is 14.8. The van der Waals surface area contributed by atoms with E-state index in [1.54, 1.807) is 18.2 Å². The molecule has 0 aliphatic carbocycles. The van der Waals surface area contributed by atoms with Gasteiger partial charge in [-0.05, 0) is 42.5 Å². The summed E-state index contributed by atoms with van der Waals surface area (Å²) in [7, 11) is 0. The summed E-state index contributed by atoms with van der Waals surface area (Å²) in [5.74, 6) is 0.129. The van der Waals surface area contributed by atoms with Crippen LogP contribution in [-0.2, 0) is 11.0 Å².